The Morgan fingerprint density at radius 2 is 1.71 bits per heavy atom. The average Bonchev–Trinajstić information content (AvgIpc) is 2.48. The molecule has 1 aromatic carbocycles. The maximum atomic E-state index is 11.7. The molecule has 1 fully saturated rings. The largest absolute Gasteiger partial charge is 0.300 e. The van der Waals surface area contributed by atoms with Crippen molar-refractivity contribution in [3.8, 4) is 0 Å². The number of benzene rings is 1. The Labute approximate surface area is 104 Å². The van der Waals surface area contributed by atoms with Crippen LogP contribution in [0.2, 0.25) is 0 Å². The third-order valence-corrected chi connectivity index (χ3v) is 4.05. The molecule has 1 aromatic rings. The summed E-state index contributed by atoms with van der Waals surface area (Å²) in [5.74, 6) is 0.912. The van der Waals surface area contributed by atoms with Gasteiger partial charge in [0.1, 0.15) is 5.78 Å². The molecule has 0 bridgehead atoms. The Bertz CT molecular complexity index is 431. The summed E-state index contributed by atoms with van der Waals surface area (Å²) in [7, 11) is 0. The highest BCUT2D eigenvalue weighted by atomic mass is 16.1. The van der Waals surface area contributed by atoms with Gasteiger partial charge in [0.05, 0.1) is 0 Å². The summed E-state index contributed by atoms with van der Waals surface area (Å²) in [6.07, 6.45) is 5.00. The molecule has 0 aliphatic heterocycles. The number of carbonyl (C=O) groups excluding carboxylic acids is 1. The molecule has 0 spiro atoms. The highest BCUT2D eigenvalue weighted by Gasteiger charge is 2.21. The number of hydrogen-bond acceptors (Lipinski definition) is 1. The van der Waals surface area contributed by atoms with Crippen molar-refractivity contribution < 1.29 is 4.79 Å². The molecule has 0 heterocycles. The van der Waals surface area contributed by atoms with Gasteiger partial charge in [-0.25, -0.2) is 0 Å². The van der Waals surface area contributed by atoms with Crippen LogP contribution in [-0.4, -0.2) is 5.78 Å². The van der Waals surface area contributed by atoms with Crippen LogP contribution in [0, 0.1) is 20.8 Å². The molecule has 0 radical (unpaired) electrons. The van der Waals surface area contributed by atoms with E-state index in [1.807, 2.05) is 0 Å². The predicted molar refractivity (Wildman–Crippen MR) is 71.5 cm³/mol. The van der Waals surface area contributed by atoms with Gasteiger partial charge in [0, 0.05) is 12.8 Å². The Hall–Kier alpha value is -1.11. The van der Waals surface area contributed by atoms with E-state index in [2.05, 4.69) is 32.9 Å². The van der Waals surface area contributed by atoms with E-state index in [-0.39, 0.29) is 0 Å². The van der Waals surface area contributed by atoms with Crippen molar-refractivity contribution in [1.29, 1.82) is 0 Å². The number of Topliss-reactive ketones (excluding diaryl/α,β-unsaturated/α-hetero) is 1. The predicted octanol–water partition coefficient (Wildman–Crippen LogP) is 4.23. The summed E-state index contributed by atoms with van der Waals surface area (Å²) in [6, 6.07) is 4.56. The van der Waals surface area contributed by atoms with Gasteiger partial charge in [-0.1, -0.05) is 18.6 Å². The third kappa shape index (κ3) is 2.77. The average molecular weight is 230 g/mol. The lowest BCUT2D eigenvalue weighted by Gasteiger charge is -2.18. The summed E-state index contributed by atoms with van der Waals surface area (Å²) >= 11 is 0. The minimum absolute atomic E-state index is 0.449. The van der Waals surface area contributed by atoms with E-state index in [4.69, 9.17) is 0 Å². The van der Waals surface area contributed by atoms with Gasteiger partial charge >= 0.3 is 0 Å². The van der Waals surface area contributed by atoms with Crippen LogP contribution >= 0.6 is 0 Å². The Morgan fingerprint density at radius 3 is 2.47 bits per heavy atom. The van der Waals surface area contributed by atoms with E-state index in [1.54, 1.807) is 0 Å². The highest BCUT2D eigenvalue weighted by molar-refractivity contribution is 5.79. The number of rotatable bonds is 1. The monoisotopic (exact) mass is 230 g/mol. The van der Waals surface area contributed by atoms with E-state index in [1.165, 1.54) is 35.1 Å². The fraction of sp³-hybridized carbons (Fsp3) is 0.562. The van der Waals surface area contributed by atoms with Gasteiger partial charge < -0.3 is 0 Å². The third-order valence-electron chi connectivity index (χ3n) is 4.05. The molecule has 1 aliphatic rings. The molecular weight excluding hydrogens is 208 g/mol. The van der Waals surface area contributed by atoms with Crippen molar-refractivity contribution in [2.75, 3.05) is 0 Å². The molecular formula is C16H22O. The summed E-state index contributed by atoms with van der Waals surface area (Å²) < 4.78 is 0. The van der Waals surface area contributed by atoms with Gasteiger partial charge in [0.2, 0.25) is 0 Å². The van der Waals surface area contributed by atoms with Crippen molar-refractivity contribution in [3.63, 3.8) is 0 Å². The van der Waals surface area contributed by atoms with Crippen LogP contribution in [0.4, 0.5) is 0 Å². The second kappa shape index (κ2) is 5.03. The number of carbonyl (C=O) groups is 1. The Morgan fingerprint density at radius 1 is 1.00 bits per heavy atom. The molecule has 92 valence electrons. The van der Waals surface area contributed by atoms with Gasteiger partial charge in [0.15, 0.2) is 0 Å². The van der Waals surface area contributed by atoms with Crippen LogP contribution in [0.25, 0.3) is 0 Å². The molecule has 1 nitrogen and oxygen atoms in total. The zero-order chi connectivity index (χ0) is 12.4. The first kappa shape index (κ1) is 12.3. The van der Waals surface area contributed by atoms with Gasteiger partial charge in [-0.15, -0.1) is 0 Å². The van der Waals surface area contributed by atoms with Gasteiger partial charge in [-0.3, -0.25) is 4.79 Å². The van der Waals surface area contributed by atoms with Crippen molar-refractivity contribution in [1.82, 2.24) is 0 Å². The van der Waals surface area contributed by atoms with Gasteiger partial charge in [-0.05, 0) is 61.8 Å². The van der Waals surface area contributed by atoms with E-state index in [9.17, 15) is 4.79 Å². The smallest absolute Gasteiger partial charge is 0.133 e. The molecule has 1 unspecified atom stereocenters. The van der Waals surface area contributed by atoms with Crippen LogP contribution in [0.5, 0.6) is 0 Å². The van der Waals surface area contributed by atoms with Crippen LogP contribution in [-0.2, 0) is 4.79 Å². The van der Waals surface area contributed by atoms with E-state index < -0.39 is 0 Å². The van der Waals surface area contributed by atoms with Crippen molar-refractivity contribution in [2.24, 2.45) is 0 Å². The molecule has 1 saturated carbocycles. The molecule has 2 rings (SSSR count). The normalized spacial score (nSPS) is 21.4. The van der Waals surface area contributed by atoms with Crippen LogP contribution < -0.4 is 0 Å². The fourth-order valence-corrected chi connectivity index (χ4v) is 2.88. The molecule has 0 N–H and O–H groups in total. The SMILES string of the molecule is Cc1cc(C)c(C2CCCCC(=O)C2)cc1C. The Balaban J connectivity index is 2.32. The second-order valence-electron chi connectivity index (χ2n) is 5.48. The maximum absolute atomic E-state index is 11.7. The number of ketones is 1. The summed E-state index contributed by atoms with van der Waals surface area (Å²) in [4.78, 5) is 11.7. The molecule has 1 aliphatic carbocycles. The van der Waals surface area contributed by atoms with Crippen molar-refractivity contribution in [3.05, 3.63) is 34.4 Å². The number of hydrogen-bond donors (Lipinski definition) is 0. The summed E-state index contributed by atoms with van der Waals surface area (Å²) in [5, 5.41) is 0. The lowest BCUT2D eigenvalue weighted by atomic mass is 9.86. The van der Waals surface area contributed by atoms with Crippen LogP contribution in [0.3, 0.4) is 0 Å². The molecule has 0 saturated heterocycles. The highest BCUT2D eigenvalue weighted by Crippen LogP contribution is 2.33. The summed E-state index contributed by atoms with van der Waals surface area (Å²) in [6.45, 7) is 6.50. The van der Waals surface area contributed by atoms with E-state index in [0.29, 0.717) is 11.7 Å². The zero-order valence-corrected chi connectivity index (χ0v) is 11.2. The van der Waals surface area contributed by atoms with E-state index in [0.717, 1.165) is 19.3 Å². The topological polar surface area (TPSA) is 17.1 Å². The fourth-order valence-electron chi connectivity index (χ4n) is 2.88. The number of aryl methyl sites for hydroxylation is 3. The molecule has 1 atom stereocenters. The molecule has 0 aromatic heterocycles. The lowest BCUT2D eigenvalue weighted by molar-refractivity contribution is -0.119. The first-order valence-electron chi connectivity index (χ1n) is 6.67. The van der Waals surface area contributed by atoms with Gasteiger partial charge in [-0.2, -0.15) is 0 Å². The van der Waals surface area contributed by atoms with Crippen molar-refractivity contribution in [2.45, 2.75) is 58.8 Å². The quantitative estimate of drug-likeness (QED) is 0.660. The molecule has 1 heteroatoms. The minimum atomic E-state index is 0.449. The van der Waals surface area contributed by atoms with Crippen LogP contribution in [0.15, 0.2) is 12.1 Å². The molecule has 0 amide bonds. The maximum Gasteiger partial charge on any atom is 0.133 e. The second-order valence-corrected chi connectivity index (χ2v) is 5.48. The van der Waals surface area contributed by atoms with E-state index >= 15 is 0 Å². The minimum Gasteiger partial charge on any atom is -0.300 e. The zero-order valence-electron chi connectivity index (χ0n) is 11.2. The summed E-state index contributed by atoms with van der Waals surface area (Å²) in [5.41, 5.74) is 5.46. The first-order valence-corrected chi connectivity index (χ1v) is 6.67. The van der Waals surface area contributed by atoms with Crippen molar-refractivity contribution >= 4 is 5.78 Å². The first-order chi connectivity index (χ1) is 8.08. The standard InChI is InChI=1S/C16H22O/c1-11-8-13(3)16(9-12(11)2)14-6-4-5-7-15(17)10-14/h8-9,14H,4-7,10H2,1-3H3. The van der Waals surface area contributed by atoms with Gasteiger partial charge in [0.25, 0.3) is 0 Å². The Kier molecular flexibility index (Phi) is 3.66. The molecule has 17 heavy (non-hydrogen) atoms. The lowest BCUT2D eigenvalue weighted by Crippen LogP contribution is -2.06. The van der Waals surface area contributed by atoms with Crippen LogP contribution in [0.1, 0.15) is 60.3 Å².